The van der Waals surface area contributed by atoms with Gasteiger partial charge in [-0.15, -0.1) is 0 Å². The van der Waals surface area contributed by atoms with E-state index >= 15 is 0 Å². The Kier molecular flexibility index (Phi) is 4.70. The van der Waals surface area contributed by atoms with Gasteiger partial charge in [-0.25, -0.2) is 4.79 Å². The van der Waals surface area contributed by atoms with Crippen molar-refractivity contribution < 1.29 is 14.3 Å². The zero-order valence-corrected chi connectivity index (χ0v) is 11.2. The van der Waals surface area contributed by atoms with Crippen LogP contribution in [0.5, 0.6) is 0 Å². The maximum atomic E-state index is 12.2. The van der Waals surface area contributed by atoms with Crippen LogP contribution in [0.25, 0.3) is 0 Å². The molecule has 1 aromatic heterocycles. The summed E-state index contributed by atoms with van der Waals surface area (Å²) in [5, 5.41) is 0. The molecule has 6 heteroatoms. The van der Waals surface area contributed by atoms with Crippen molar-refractivity contribution in [3.63, 3.8) is 0 Å². The average Bonchev–Trinajstić information content (AvgIpc) is 2.53. The predicted octanol–water partition coefficient (Wildman–Crippen LogP) is 1.16. The predicted molar refractivity (Wildman–Crippen MR) is 73.3 cm³/mol. The van der Waals surface area contributed by atoms with Gasteiger partial charge in [-0.2, -0.15) is 0 Å². The molecule has 106 valence electrons. The second kappa shape index (κ2) is 6.70. The van der Waals surface area contributed by atoms with Gasteiger partial charge < -0.3 is 14.5 Å². The highest BCUT2D eigenvalue weighted by Gasteiger charge is 2.25. The molecule has 1 aromatic rings. The fraction of sp³-hybridized carbons (Fsp3) is 0.357. The van der Waals surface area contributed by atoms with E-state index in [0.29, 0.717) is 31.7 Å². The topological polar surface area (TPSA) is 62.7 Å². The summed E-state index contributed by atoms with van der Waals surface area (Å²) in [7, 11) is 0. The fourth-order valence-corrected chi connectivity index (χ4v) is 1.99. The molecule has 0 aliphatic carbocycles. The fourth-order valence-electron chi connectivity index (χ4n) is 1.99. The molecule has 2 amide bonds. The molecule has 0 bridgehead atoms. The lowest BCUT2D eigenvalue weighted by Gasteiger charge is -2.34. The maximum Gasteiger partial charge on any atom is 0.410 e. The Bertz CT molecular complexity index is 482. The summed E-state index contributed by atoms with van der Waals surface area (Å²) >= 11 is 0. The number of ether oxygens (including phenoxy) is 1. The van der Waals surface area contributed by atoms with Crippen molar-refractivity contribution in [3.8, 4) is 0 Å². The van der Waals surface area contributed by atoms with Gasteiger partial charge in [0.1, 0.15) is 6.61 Å². The van der Waals surface area contributed by atoms with E-state index < -0.39 is 0 Å². The van der Waals surface area contributed by atoms with Crippen LogP contribution < -0.4 is 0 Å². The van der Waals surface area contributed by atoms with Gasteiger partial charge in [-0.05, 0) is 12.1 Å². The first-order valence-corrected chi connectivity index (χ1v) is 6.44. The minimum atomic E-state index is -0.360. The Morgan fingerprint density at radius 2 is 1.80 bits per heavy atom. The third-order valence-electron chi connectivity index (χ3n) is 3.08. The first kappa shape index (κ1) is 14.0. The van der Waals surface area contributed by atoms with E-state index in [1.54, 1.807) is 34.3 Å². The van der Waals surface area contributed by atoms with Crippen LogP contribution in [0.2, 0.25) is 0 Å². The van der Waals surface area contributed by atoms with Crippen molar-refractivity contribution in [3.05, 3.63) is 42.7 Å². The molecular formula is C14H17N3O3. The quantitative estimate of drug-likeness (QED) is 0.777. The standard InChI is InChI=1S/C14H17N3O3/c1-2-11-20-14(19)17-9-7-16(8-10-17)13(18)12-3-5-15-6-4-12/h2-6H,1,7-11H2. The summed E-state index contributed by atoms with van der Waals surface area (Å²) in [6.45, 7) is 5.66. The second-order valence-corrected chi connectivity index (χ2v) is 4.38. The molecule has 6 nitrogen and oxygen atoms in total. The summed E-state index contributed by atoms with van der Waals surface area (Å²) in [6, 6.07) is 3.38. The lowest BCUT2D eigenvalue weighted by molar-refractivity contribution is 0.0580. The Morgan fingerprint density at radius 3 is 2.40 bits per heavy atom. The van der Waals surface area contributed by atoms with E-state index in [1.165, 1.54) is 6.08 Å². The zero-order valence-electron chi connectivity index (χ0n) is 11.2. The summed E-state index contributed by atoms with van der Waals surface area (Å²) in [4.78, 5) is 31.1. The molecule has 1 aliphatic heterocycles. The van der Waals surface area contributed by atoms with Crippen LogP contribution in [0, 0.1) is 0 Å². The van der Waals surface area contributed by atoms with Crippen LogP contribution in [0.4, 0.5) is 4.79 Å². The number of aromatic nitrogens is 1. The molecule has 2 rings (SSSR count). The van der Waals surface area contributed by atoms with Gasteiger partial charge in [0.05, 0.1) is 0 Å². The Morgan fingerprint density at radius 1 is 1.20 bits per heavy atom. The lowest BCUT2D eigenvalue weighted by atomic mass is 10.2. The highest BCUT2D eigenvalue weighted by Crippen LogP contribution is 2.09. The number of nitrogens with zero attached hydrogens (tertiary/aromatic N) is 3. The molecule has 20 heavy (non-hydrogen) atoms. The first-order chi connectivity index (χ1) is 9.72. The number of carbonyl (C=O) groups is 2. The van der Waals surface area contributed by atoms with E-state index in [2.05, 4.69) is 11.6 Å². The van der Waals surface area contributed by atoms with Crippen LogP contribution in [-0.4, -0.2) is 59.6 Å². The monoisotopic (exact) mass is 275 g/mol. The Labute approximate surface area is 117 Å². The molecule has 0 spiro atoms. The van der Waals surface area contributed by atoms with Gasteiger partial charge >= 0.3 is 6.09 Å². The summed E-state index contributed by atoms with van der Waals surface area (Å²) in [5.74, 6) is -0.0356. The Balaban J connectivity index is 1.86. The van der Waals surface area contributed by atoms with Crippen molar-refractivity contribution >= 4 is 12.0 Å². The normalized spacial score (nSPS) is 14.8. The number of carbonyl (C=O) groups excluding carboxylic acids is 2. The average molecular weight is 275 g/mol. The smallest absolute Gasteiger partial charge is 0.410 e. The van der Waals surface area contributed by atoms with Crippen LogP contribution in [-0.2, 0) is 4.74 Å². The van der Waals surface area contributed by atoms with E-state index in [-0.39, 0.29) is 18.6 Å². The van der Waals surface area contributed by atoms with Gasteiger partial charge in [0.2, 0.25) is 0 Å². The maximum absolute atomic E-state index is 12.2. The van der Waals surface area contributed by atoms with Crippen LogP contribution in [0.3, 0.4) is 0 Å². The largest absolute Gasteiger partial charge is 0.445 e. The lowest BCUT2D eigenvalue weighted by Crippen LogP contribution is -2.50. The third kappa shape index (κ3) is 3.34. The molecule has 0 unspecified atom stereocenters. The van der Waals surface area contributed by atoms with E-state index in [0.717, 1.165) is 0 Å². The highest BCUT2D eigenvalue weighted by atomic mass is 16.6. The second-order valence-electron chi connectivity index (χ2n) is 4.38. The van der Waals surface area contributed by atoms with E-state index in [9.17, 15) is 9.59 Å². The molecule has 1 fully saturated rings. The third-order valence-corrected chi connectivity index (χ3v) is 3.08. The molecule has 0 saturated carbocycles. The van der Waals surface area contributed by atoms with Gasteiger partial charge in [-0.3, -0.25) is 9.78 Å². The summed E-state index contributed by atoms with van der Waals surface area (Å²) < 4.78 is 4.97. The van der Waals surface area contributed by atoms with Gasteiger partial charge in [0.25, 0.3) is 5.91 Å². The van der Waals surface area contributed by atoms with Crippen molar-refractivity contribution in [2.24, 2.45) is 0 Å². The number of pyridine rings is 1. The number of rotatable bonds is 3. The number of amides is 2. The van der Waals surface area contributed by atoms with E-state index in [1.807, 2.05) is 0 Å². The Hall–Kier alpha value is -2.37. The van der Waals surface area contributed by atoms with E-state index in [4.69, 9.17) is 4.74 Å². The van der Waals surface area contributed by atoms with Crippen molar-refractivity contribution in [2.75, 3.05) is 32.8 Å². The van der Waals surface area contributed by atoms with Crippen molar-refractivity contribution in [1.82, 2.24) is 14.8 Å². The summed E-state index contributed by atoms with van der Waals surface area (Å²) in [6.07, 6.45) is 4.36. The molecule has 1 saturated heterocycles. The number of piperazine rings is 1. The first-order valence-electron chi connectivity index (χ1n) is 6.44. The molecule has 0 radical (unpaired) electrons. The van der Waals surface area contributed by atoms with Crippen LogP contribution >= 0.6 is 0 Å². The molecule has 0 N–H and O–H groups in total. The number of hydrogen-bond acceptors (Lipinski definition) is 4. The van der Waals surface area contributed by atoms with Gasteiger partial charge in [0.15, 0.2) is 0 Å². The number of hydrogen-bond donors (Lipinski definition) is 0. The van der Waals surface area contributed by atoms with Gasteiger partial charge in [0, 0.05) is 44.1 Å². The van der Waals surface area contributed by atoms with Crippen molar-refractivity contribution in [2.45, 2.75) is 0 Å². The highest BCUT2D eigenvalue weighted by molar-refractivity contribution is 5.94. The minimum absolute atomic E-state index is 0.0356. The van der Waals surface area contributed by atoms with Crippen molar-refractivity contribution in [1.29, 1.82) is 0 Å². The SMILES string of the molecule is C=CCOC(=O)N1CCN(C(=O)c2ccncc2)CC1. The zero-order chi connectivity index (χ0) is 14.4. The molecule has 0 aromatic carbocycles. The van der Waals surface area contributed by atoms with Crippen LogP contribution in [0.1, 0.15) is 10.4 Å². The van der Waals surface area contributed by atoms with Gasteiger partial charge in [-0.1, -0.05) is 12.7 Å². The molecule has 1 aliphatic rings. The van der Waals surface area contributed by atoms with Crippen LogP contribution in [0.15, 0.2) is 37.2 Å². The molecule has 0 atom stereocenters. The minimum Gasteiger partial charge on any atom is -0.445 e. The molecule has 2 heterocycles. The summed E-state index contributed by atoms with van der Waals surface area (Å²) in [5.41, 5.74) is 0.614. The molecular weight excluding hydrogens is 258 g/mol.